The average molecular weight is 253 g/mol. The molecule has 1 heterocycles. The summed E-state index contributed by atoms with van der Waals surface area (Å²) in [5, 5.41) is 22.5. The second-order valence-corrected chi connectivity index (χ2v) is 5.43. The van der Waals surface area contributed by atoms with Gasteiger partial charge >= 0.3 is 0 Å². The van der Waals surface area contributed by atoms with E-state index in [1.54, 1.807) is 11.8 Å². The average Bonchev–Trinajstić information content (AvgIpc) is 2.38. The van der Waals surface area contributed by atoms with Gasteiger partial charge in [0.15, 0.2) is 0 Å². The van der Waals surface area contributed by atoms with Crippen molar-refractivity contribution in [3.8, 4) is 0 Å². The maximum atomic E-state index is 10.3. The number of aliphatic hydroxyl groups is 1. The predicted molar refractivity (Wildman–Crippen MR) is 70.3 cm³/mol. The monoisotopic (exact) mass is 253 g/mol. The summed E-state index contributed by atoms with van der Waals surface area (Å²) < 4.78 is 0. The standard InChI is InChI=1S/C12H19N3OS/c1-17-11-6-5-10(14-15-11)13-9-12(16)7-3-2-4-8-12/h5-6,16H,2-4,7-9H2,1H3,(H,13,14). The van der Waals surface area contributed by atoms with E-state index in [1.165, 1.54) is 6.42 Å². The van der Waals surface area contributed by atoms with Crippen LogP contribution in [0.4, 0.5) is 5.82 Å². The topological polar surface area (TPSA) is 58.0 Å². The van der Waals surface area contributed by atoms with Gasteiger partial charge in [-0.1, -0.05) is 19.3 Å². The lowest BCUT2D eigenvalue weighted by molar-refractivity contribution is 0.0166. The summed E-state index contributed by atoms with van der Waals surface area (Å²) in [6, 6.07) is 3.84. The highest BCUT2D eigenvalue weighted by atomic mass is 32.2. The van der Waals surface area contributed by atoms with Gasteiger partial charge in [0.2, 0.25) is 0 Å². The molecule has 0 amide bonds. The molecule has 0 aliphatic heterocycles. The van der Waals surface area contributed by atoms with Gasteiger partial charge in [-0.3, -0.25) is 0 Å². The number of anilines is 1. The highest BCUT2D eigenvalue weighted by Crippen LogP contribution is 2.28. The normalized spacial score (nSPS) is 18.9. The molecule has 2 rings (SSSR count). The van der Waals surface area contributed by atoms with Gasteiger partial charge in [-0.25, -0.2) is 0 Å². The van der Waals surface area contributed by atoms with Gasteiger partial charge in [0.1, 0.15) is 10.8 Å². The van der Waals surface area contributed by atoms with E-state index in [2.05, 4.69) is 15.5 Å². The van der Waals surface area contributed by atoms with Crippen LogP contribution in [0.3, 0.4) is 0 Å². The van der Waals surface area contributed by atoms with E-state index in [4.69, 9.17) is 0 Å². The second-order valence-electron chi connectivity index (χ2n) is 4.60. The van der Waals surface area contributed by atoms with E-state index >= 15 is 0 Å². The van der Waals surface area contributed by atoms with Gasteiger partial charge in [-0.2, -0.15) is 0 Å². The second kappa shape index (κ2) is 5.69. The lowest BCUT2D eigenvalue weighted by Gasteiger charge is -2.32. The van der Waals surface area contributed by atoms with Crippen LogP contribution in [0.1, 0.15) is 32.1 Å². The molecule has 4 nitrogen and oxygen atoms in total. The number of hydrogen-bond acceptors (Lipinski definition) is 5. The van der Waals surface area contributed by atoms with Crippen molar-refractivity contribution in [1.82, 2.24) is 10.2 Å². The van der Waals surface area contributed by atoms with Crippen molar-refractivity contribution in [2.75, 3.05) is 18.1 Å². The van der Waals surface area contributed by atoms with Crippen molar-refractivity contribution >= 4 is 17.6 Å². The predicted octanol–water partition coefficient (Wildman–Crippen LogP) is 2.31. The zero-order chi connectivity index (χ0) is 12.1. The Morgan fingerprint density at radius 1 is 1.29 bits per heavy atom. The number of thioether (sulfide) groups is 1. The number of nitrogens with zero attached hydrogens (tertiary/aromatic N) is 2. The summed E-state index contributed by atoms with van der Waals surface area (Å²) in [6.45, 7) is 0.570. The summed E-state index contributed by atoms with van der Waals surface area (Å²) >= 11 is 1.57. The Labute approximate surface area is 106 Å². The molecule has 2 N–H and O–H groups in total. The third-order valence-corrected chi connectivity index (χ3v) is 3.87. The number of aromatic nitrogens is 2. The van der Waals surface area contributed by atoms with Crippen LogP contribution in [-0.2, 0) is 0 Å². The minimum absolute atomic E-state index is 0.557. The lowest BCUT2D eigenvalue weighted by Crippen LogP contribution is -2.38. The minimum atomic E-state index is -0.557. The largest absolute Gasteiger partial charge is 0.388 e. The van der Waals surface area contributed by atoms with Crippen LogP contribution in [0.2, 0.25) is 0 Å². The van der Waals surface area contributed by atoms with Crippen LogP contribution >= 0.6 is 11.8 Å². The van der Waals surface area contributed by atoms with Crippen molar-refractivity contribution < 1.29 is 5.11 Å². The molecule has 0 aromatic carbocycles. The first-order valence-electron chi connectivity index (χ1n) is 6.06. The van der Waals surface area contributed by atoms with Crippen LogP contribution in [0, 0.1) is 0 Å². The zero-order valence-electron chi connectivity index (χ0n) is 10.1. The Morgan fingerprint density at radius 2 is 2.06 bits per heavy atom. The Hall–Kier alpha value is -0.810. The van der Waals surface area contributed by atoms with E-state index in [0.29, 0.717) is 6.54 Å². The molecule has 0 unspecified atom stereocenters. The highest BCUT2D eigenvalue weighted by molar-refractivity contribution is 7.98. The molecular formula is C12H19N3OS. The summed E-state index contributed by atoms with van der Waals surface area (Å²) in [5.74, 6) is 0.738. The van der Waals surface area contributed by atoms with Gasteiger partial charge in [-0.05, 0) is 31.2 Å². The van der Waals surface area contributed by atoms with Crippen LogP contribution in [0.15, 0.2) is 17.2 Å². The first kappa shape index (κ1) is 12.6. The first-order valence-corrected chi connectivity index (χ1v) is 7.28. The van der Waals surface area contributed by atoms with Gasteiger partial charge in [0, 0.05) is 6.54 Å². The van der Waals surface area contributed by atoms with E-state index in [1.807, 2.05) is 18.4 Å². The van der Waals surface area contributed by atoms with Crippen molar-refractivity contribution in [2.45, 2.75) is 42.7 Å². The van der Waals surface area contributed by atoms with Crippen LogP contribution in [-0.4, -0.2) is 33.7 Å². The van der Waals surface area contributed by atoms with Crippen molar-refractivity contribution in [1.29, 1.82) is 0 Å². The minimum Gasteiger partial charge on any atom is -0.388 e. The molecule has 1 aromatic heterocycles. The highest BCUT2D eigenvalue weighted by Gasteiger charge is 2.28. The third-order valence-electron chi connectivity index (χ3n) is 3.23. The fourth-order valence-electron chi connectivity index (χ4n) is 2.16. The first-order chi connectivity index (χ1) is 8.22. The summed E-state index contributed by atoms with van der Waals surface area (Å²) in [4.78, 5) is 0. The maximum absolute atomic E-state index is 10.3. The van der Waals surface area contributed by atoms with E-state index < -0.39 is 5.60 Å². The molecule has 0 atom stereocenters. The van der Waals surface area contributed by atoms with Crippen LogP contribution in [0.25, 0.3) is 0 Å². The van der Waals surface area contributed by atoms with E-state index in [9.17, 15) is 5.11 Å². The van der Waals surface area contributed by atoms with Gasteiger partial charge in [-0.15, -0.1) is 22.0 Å². The zero-order valence-corrected chi connectivity index (χ0v) is 11.0. The molecule has 1 aromatic rings. The fraction of sp³-hybridized carbons (Fsp3) is 0.667. The number of nitrogens with one attached hydrogen (secondary N) is 1. The molecule has 0 bridgehead atoms. The van der Waals surface area contributed by atoms with E-state index in [-0.39, 0.29) is 0 Å². The molecule has 0 radical (unpaired) electrons. The lowest BCUT2D eigenvalue weighted by atomic mass is 9.85. The molecule has 5 heteroatoms. The summed E-state index contributed by atoms with van der Waals surface area (Å²) in [6.07, 6.45) is 7.23. The number of hydrogen-bond donors (Lipinski definition) is 2. The summed E-state index contributed by atoms with van der Waals surface area (Å²) in [7, 11) is 0. The third kappa shape index (κ3) is 3.57. The molecule has 0 saturated heterocycles. The molecule has 0 spiro atoms. The van der Waals surface area contributed by atoms with Crippen molar-refractivity contribution in [2.24, 2.45) is 0 Å². The Kier molecular flexibility index (Phi) is 4.23. The summed E-state index contributed by atoms with van der Waals surface area (Å²) in [5.41, 5.74) is -0.557. The molecule has 1 fully saturated rings. The van der Waals surface area contributed by atoms with Gasteiger partial charge < -0.3 is 10.4 Å². The quantitative estimate of drug-likeness (QED) is 0.806. The molecule has 1 saturated carbocycles. The SMILES string of the molecule is CSc1ccc(NCC2(O)CCCCC2)nn1. The number of rotatable bonds is 4. The van der Waals surface area contributed by atoms with Crippen molar-refractivity contribution in [3.63, 3.8) is 0 Å². The van der Waals surface area contributed by atoms with Crippen LogP contribution in [0.5, 0.6) is 0 Å². The maximum Gasteiger partial charge on any atom is 0.148 e. The van der Waals surface area contributed by atoms with Crippen molar-refractivity contribution in [3.05, 3.63) is 12.1 Å². The fourth-order valence-corrected chi connectivity index (χ4v) is 2.49. The molecule has 94 valence electrons. The van der Waals surface area contributed by atoms with Gasteiger partial charge in [0.25, 0.3) is 0 Å². The van der Waals surface area contributed by atoms with Gasteiger partial charge in [0.05, 0.1) is 5.60 Å². The molecule has 1 aliphatic rings. The molecule has 17 heavy (non-hydrogen) atoms. The molecular weight excluding hydrogens is 234 g/mol. The van der Waals surface area contributed by atoms with E-state index in [0.717, 1.165) is 36.5 Å². The Balaban J connectivity index is 1.87. The van der Waals surface area contributed by atoms with Crippen LogP contribution < -0.4 is 5.32 Å². The molecule has 1 aliphatic carbocycles. The smallest absolute Gasteiger partial charge is 0.148 e. The Bertz CT molecular complexity index is 349. The Morgan fingerprint density at radius 3 is 2.65 bits per heavy atom.